The van der Waals surface area contributed by atoms with E-state index in [0.717, 1.165) is 21.8 Å². The van der Waals surface area contributed by atoms with E-state index >= 15 is 0 Å². The number of ether oxygens (including phenoxy) is 2. The van der Waals surface area contributed by atoms with Gasteiger partial charge in [0.2, 0.25) is 0 Å². The van der Waals surface area contributed by atoms with Gasteiger partial charge in [0.15, 0.2) is 6.29 Å². The Morgan fingerprint density at radius 3 is 2.27 bits per heavy atom. The number of aryl methyl sites for hydroxylation is 2. The maximum atomic E-state index is 5.62. The molecule has 0 radical (unpaired) electrons. The minimum atomic E-state index is -0.209. The summed E-state index contributed by atoms with van der Waals surface area (Å²) in [5, 5.41) is 0. The van der Waals surface area contributed by atoms with Crippen LogP contribution in [-0.2, 0) is 4.74 Å². The second-order valence-corrected chi connectivity index (χ2v) is 3.99. The Hall–Kier alpha value is -0.670. The van der Waals surface area contributed by atoms with Gasteiger partial charge < -0.3 is 9.47 Å². The lowest BCUT2D eigenvalue weighted by molar-refractivity contribution is -0.0613. The van der Waals surface area contributed by atoms with Crippen LogP contribution in [0.1, 0.15) is 25.0 Å². The molecule has 0 heterocycles. The van der Waals surface area contributed by atoms with Gasteiger partial charge in [-0.2, -0.15) is 0 Å². The van der Waals surface area contributed by atoms with Gasteiger partial charge >= 0.3 is 0 Å². The third-order valence-corrected chi connectivity index (χ3v) is 2.87. The van der Waals surface area contributed by atoms with Gasteiger partial charge in [0.1, 0.15) is 5.75 Å². The van der Waals surface area contributed by atoms with Gasteiger partial charge in [-0.25, -0.2) is 0 Å². The third-order valence-electron chi connectivity index (χ3n) is 2.17. The predicted molar refractivity (Wildman–Crippen MR) is 64.9 cm³/mol. The van der Waals surface area contributed by atoms with E-state index in [0.29, 0.717) is 6.61 Å². The molecule has 0 spiro atoms. The molecule has 0 aliphatic rings. The summed E-state index contributed by atoms with van der Waals surface area (Å²) >= 11 is 4.40. The van der Waals surface area contributed by atoms with Crippen molar-refractivity contribution in [1.82, 2.24) is 0 Å². The molecule has 84 valence electrons. The lowest BCUT2D eigenvalue weighted by Gasteiger charge is -2.16. The van der Waals surface area contributed by atoms with Crippen LogP contribution in [0, 0.1) is 13.8 Å². The molecule has 0 fully saturated rings. The van der Waals surface area contributed by atoms with Crippen molar-refractivity contribution in [3.63, 3.8) is 0 Å². The van der Waals surface area contributed by atoms with Crippen molar-refractivity contribution in [3.8, 4) is 5.75 Å². The van der Waals surface area contributed by atoms with Crippen molar-refractivity contribution in [2.24, 2.45) is 0 Å². The summed E-state index contributed by atoms with van der Waals surface area (Å²) in [6.45, 7) is 8.54. The molecule has 15 heavy (non-hydrogen) atoms. The first-order valence-electron chi connectivity index (χ1n) is 5.13. The van der Waals surface area contributed by atoms with E-state index in [9.17, 15) is 0 Å². The highest BCUT2D eigenvalue weighted by atomic mass is 32.1. The molecule has 1 aromatic rings. The van der Waals surface area contributed by atoms with Gasteiger partial charge in [0.05, 0.1) is 0 Å². The number of thiol groups is 1. The topological polar surface area (TPSA) is 18.5 Å². The fourth-order valence-electron chi connectivity index (χ4n) is 1.44. The number of rotatable bonds is 4. The molecular weight excluding hydrogens is 208 g/mol. The molecule has 1 aromatic carbocycles. The first-order valence-corrected chi connectivity index (χ1v) is 5.57. The highest BCUT2D eigenvalue weighted by molar-refractivity contribution is 7.80. The lowest BCUT2D eigenvalue weighted by atomic mass is 10.1. The van der Waals surface area contributed by atoms with Gasteiger partial charge in [-0.05, 0) is 51.0 Å². The summed E-state index contributed by atoms with van der Waals surface area (Å²) in [4.78, 5) is 1.02. The van der Waals surface area contributed by atoms with Crippen LogP contribution in [0.15, 0.2) is 17.0 Å². The van der Waals surface area contributed by atoms with Gasteiger partial charge in [0, 0.05) is 11.5 Å². The summed E-state index contributed by atoms with van der Waals surface area (Å²) < 4.78 is 10.9. The van der Waals surface area contributed by atoms with Crippen LogP contribution in [-0.4, -0.2) is 12.9 Å². The van der Waals surface area contributed by atoms with Crippen LogP contribution in [0.5, 0.6) is 5.75 Å². The molecule has 3 heteroatoms. The minimum Gasteiger partial charge on any atom is -0.465 e. The second kappa shape index (κ2) is 5.42. The molecule has 2 nitrogen and oxygen atoms in total. The van der Waals surface area contributed by atoms with E-state index in [2.05, 4.69) is 12.6 Å². The van der Waals surface area contributed by atoms with Crippen molar-refractivity contribution < 1.29 is 9.47 Å². The smallest absolute Gasteiger partial charge is 0.196 e. The van der Waals surface area contributed by atoms with Crippen molar-refractivity contribution >= 4 is 12.6 Å². The molecule has 0 N–H and O–H groups in total. The Labute approximate surface area is 97.0 Å². The Morgan fingerprint density at radius 2 is 1.80 bits per heavy atom. The van der Waals surface area contributed by atoms with Crippen molar-refractivity contribution in [3.05, 3.63) is 23.3 Å². The van der Waals surface area contributed by atoms with E-state index in [4.69, 9.17) is 9.47 Å². The van der Waals surface area contributed by atoms with Gasteiger partial charge in [-0.1, -0.05) is 0 Å². The van der Waals surface area contributed by atoms with E-state index in [1.54, 1.807) is 0 Å². The van der Waals surface area contributed by atoms with Crippen LogP contribution >= 0.6 is 12.6 Å². The predicted octanol–water partition coefficient (Wildman–Crippen LogP) is 3.35. The normalized spacial score (nSPS) is 12.6. The van der Waals surface area contributed by atoms with E-state index in [-0.39, 0.29) is 6.29 Å². The van der Waals surface area contributed by atoms with Crippen LogP contribution in [0.3, 0.4) is 0 Å². The molecular formula is C12H18O2S. The molecule has 0 aromatic heterocycles. The Morgan fingerprint density at radius 1 is 1.27 bits per heavy atom. The number of hydrogen-bond acceptors (Lipinski definition) is 3. The summed E-state index contributed by atoms with van der Waals surface area (Å²) in [5.41, 5.74) is 2.24. The average Bonchev–Trinajstić information content (AvgIpc) is 2.14. The standard InChI is InChI=1S/C12H18O2S/c1-5-13-10(4)14-11-6-8(2)12(15)9(3)7-11/h6-7,10,15H,5H2,1-4H3. The lowest BCUT2D eigenvalue weighted by Crippen LogP contribution is -2.16. The SMILES string of the molecule is CCOC(C)Oc1cc(C)c(S)c(C)c1. The fraction of sp³-hybridized carbons (Fsp3) is 0.500. The molecule has 1 unspecified atom stereocenters. The molecule has 1 rings (SSSR count). The summed E-state index contributed by atoms with van der Waals surface area (Å²) in [6, 6.07) is 3.95. The zero-order chi connectivity index (χ0) is 11.4. The number of benzene rings is 1. The summed E-state index contributed by atoms with van der Waals surface area (Å²) in [7, 11) is 0. The Balaban J connectivity index is 2.78. The van der Waals surface area contributed by atoms with Gasteiger partial charge in [0.25, 0.3) is 0 Å². The molecule has 0 aliphatic carbocycles. The number of hydrogen-bond donors (Lipinski definition) is 1. The molecule has 0 aliphatic heterocycles. The van der Waals surface area contributed by atoms with Crippen LogP contribution < -0.4 is 4.74 Å². The highest BCUT2D eigenvalue weighted by Crippen LogP contribution is 2.25. The van der Waals surface area contributed by atoms with Crippen molar-refractivity contribution in [2.75, 3.05) is 6.61 Å². The average molecular weight is 226 g/mol. The largest absolute Gasteiger partial charge is 0.465 e. The Kier molecular flexibility index (Phi) is 4.48. The fourth-order valence-corrected chi connectivity index (χ4v) is 1.57. The van der Waals surface area contributed by atoms with Crippen LogP contribution in [0.2, 0.25) is 0 Å². The van der Waals surface area contributed by atoms with E-state index in [1.807, 2.05) is 39.8 Å². The minimum absolute atomic E-state index is 0.209. The maximum Gasteiger partial charge on any atom is 0.196 e. The zero-order valence-corrected chi connectivity index (χ0v) is 10.6. The van der Waals surface area contributed by atoms with E-state index in [1.165, 1.54) is 0 Å². The summed E-state index contributed by atoms with van der Waals surface area (Å²) in [5.74, 6) is 0.837. The maximum absolute atomic E-state index is 5.62. The third kappa shape index (κ3) is 3.43. The monoisotopic (exact) mass is 226 g/mol. The van der Waals surface area contributed by atoms with Crippen LogP contribution in [0.4, 0.5) is 0 Å². The van der Waals surface area contributed by atoms with Gasteiger partial charge in [-0.15, -0.1) is 12.6 Å². The van der Waals surface area contributed by atoms with Crippen molar-refractivity contribution in [2.45, 2.75) is 38.9 Å². The molecule has 0 saturated heterocycles. The molecule has 0 saturated carbocycles. The molecule has 0 bridgehead atoms. The first kappa shape index (κ1) is 12.4. The molecule has 1 atom stereocenters. The van der Waals surface area contributed by atoms with E-state index < -0.39 is 0 Å². The first-order chi connectivity index (χ1) is 7.04. The highest BCUT2D eigenvalue weighted by Gasteiger charge is 2.06. The Bertz CT molecular complexity index is 313. The zero-order valence-electron chi connectivity index (χ0n) is 9.70. The van der Waals surface area contributed by atoms with Gasteiger partial charge in [-0.3, -0.25) is 0 Å². The molecule has 0 amide bonds. The van der Waals surface area contributed by atoms with Crippen molar-refractivity contribution in [1.29, 1.82) is 0 Å². The second-order valence-electron chi connectivity index (χ2n) is 3.55. The quantitative estimate of drug-likeness (QED) is 0.627. The van der Waals surface area contributed by atoms with Crippen LogP contribution in [0.25, 0.3) is 0 Å². The summed E-state index contributed by atoms with van der Waals surface area (Å²) in [6.07, 6.45) is -0.209.